The molecule has 0 unspecified atom stereocenters. The van der Waals surface area contributed by atoms with E-state index in [2.05, 4.69) is 11.1 Å². The Kier molecular flexibility index (Phi) is 3.40. The second-order valence-electron chi connectivity index (χ2n) is 2.63. The van der Waals surface area contributed by atoms with Gasteiger partial charge in [-0.15, -0.1) is 0 Å². The van der Waals surface area contributed by atoms with Crippen molar-refractivity contribution in [1.82, 2.24) is 9.55 Å². The summed E-state index contributed by atoms with van der Waals surface area (Å²) in [6, 6.07) is 10.9. The van der Waals surface area contributed by atoms with E-state index in [9.17, 15) is 0 Å². The maximum absolute atomic E-state index is 4.23. The molecule has 2 nitrogen and oxygen atoms in total. The molecule has 0 spiro atoms. The van der Waals surface area contributed by atoms with E-state index < -0.39 is 0 Å². The first-order chi connectivity index (χ1) is 5.88. The van der Waals surface area contributed by atoms with Crippen LogP contribution in [0.5, 0.6) is 0 Å². The van der Waals surface area contributed by atoms with Crippen LogP contribution in [0.4, 0.5) is 0 Å². The van der Waals surface area contributed by atoms with Crippen LogP contribution >= 0.6 is 0 Å². The zero-order valence-corrected chi connectivity index (χ0v) is 9.59. The summed E-state index contributed by atoms with van der Waals surface area (Å²) >= 11 is 0. The molecule has 0 aliphatic carbocycles. The van der Waals surface area contributed by atoms with Crippen molar-refractivity contribution < 1.29 is 20.1 Å². The van der Waals surface area contributed by atoms with Gasteiger partial charge in [0.2, 0.25) is 0 Å². The van der Waals surface area contributed by atoms with Crippen LogP contribution in [-0.4, -0.2) is 9.55 Å². The molecule has 0 atom stereocenters. The van der Waals surface area contributed by atoms with Crippen molar-refractivity contribution in [2.75, 3.05) is 0 Å². The molecule has 13 heavy (non-hydrogen) atoms. The van der Waals surface area contributed by atoms with E-state index in [4.69, 9.17) is 0 Å². The summed E-state index contributed by atoms with van der Waals surface area (Å²) in [6.45, 7) is 0. The number of hydrogen-bond donors (Lipinski definition) is 0. The third kappa shape index (κ3) is 2.06. The average Bonchev–Trinajstić information content (AvgIpc) is 2.53. The minimum atomic E-state index is 0. The zero-order chi connectivity index (χ0) is 8.39. The molecule has 0 fully saturated rings. The van der Waals surface area contributed by atoms with E-state index in [1.54, 1.807) is 6.20 Å². The number of hydrogen-bond acceptors (Lipinski definition) is 1. The Labute approximate surface area is 91.0 Å². The van der Waals surface area contributed by atoms with Crippen LogP contribution in [0, 0.1) is 6.07 Å². The van der Waals surface area contributed by atoms with Gasteiger partial charge in [-0.2, -0.15) is 12.1 Å². The number of nitrogens with zero attached hydrogens (tertiary/aromatic N) is 2. The molecule has 0 bridgehead atoms. The molecule has 2 rings (SSSR count). The fraction of sp³-hybridized carbons (Fsp3) is 0.100. The van der Waals surface area contributed by atoms with Crippen molar-refractivity contribution in [1.29, 1.82) is 0 Å². The van der Waals surface area contributed by atoms with E-state index in [0.717, 1.165) is 11.4 Å². The Morgan fingerprint density at radius 3 is 2.77 bits per heavy atom. The van der Waals surface area contributed by atoms with Crippen molar-refractivity contribution in [3.05, 3.63) is 42.7 Å². The third-order valence-corrected chi connectivity index (χ3v) is 1.78. The maximum Gasteiger partial charge on any atom is 0.0125 e. The van der Waals surface area contributed by atoms with Gasteiger partial charge in [0.15, 0.2) is 0 Å². The van der Waals surface area contributed by atoms with E-state index in [1.807, 2.05) is 42.1 Å². The Hall–Kier alpha value is -0.921. The molecule has 0 saturated carbocycles. The van der Waals surface area contributed by atoms with Crippen molar-refractivity contribution in [3.63, 3.8) is 0 Å². The van der Waals surface area contributed by atoms with E-state index >= 15 is 0 Å². The summed E-state index contributed by atoms with van der Waals surface area (Å²) in [5, 5.41) is 0. The Balaban J connectivity index is 0.000000845. The maximum atomic E-state index is 4.23. The van der Waals surface area contributed by atoms with Gasteiger partial charge in [0.1, 0.15) is 0 Å². The smallest absolute Gasteiger partial charge is 0.0125 e. The molecule has 2 aromatic heterocycles. The second-order valence-corrected chi connectivity index (χ2v) is 2.63. The van der Waals surface area contributed by atoms with Crippen LogP contribution in [-0.2, 0) is 27.2 Å². The molecule has 1 radical (unpaired) electrons. The number of pyridine rings is 1. The molecule has 3 heteroatoms. The molecule has 0 amide bonds. The van der Waals surface area contributed by atoms with E-state index in [0.29, 0.717) is 0 Å². The van der Waals surface area contributed by atoms with Crippen LogP contribution in [0.3, 0.4) is 0 Å². The van der Waals surface area contributed by atoms with Gasteiger partial charge in [-0.1, -0.05) is 24.0 Å². The molecule has 69 valence electrons. The first-order valence-corrected chi connectivity index (χ1v) is 3.82. The van der Waals surface area contributed by atoms with Crippen molar-refractivity contribution in [2.45, 2.75) is 0 Å². The van der Waals surface area contributed by atoms with Crippen LogP contribution < -0.4 is 0 Å². The minimum Gasteiger partial charge on any atom is -0.422 e. The SMILES string of the molecule is Cn1cc[c-]c1-c1ccccn1.[Ir]. The number of rotatable bonds is 1. The topological polar surface area (TPSA) is 17.8 Å². The fourth-order valence-corrected chi connectivity index (χ4v) is 1.16. The molecule has 0 aliphatic rings. The van der Waals surface area contributed by atoms with Gasteiger partial charge in [0, 0.05) is 26.3 Å². The predicted molar refractivity (Wildman–Crippen MR) is 47.5 cm³/mol. The van der Waals surface area contributed by atoms with Gasteiger partial charge in [-0.05, 0) is 18.8 Å². The first kappa shape index (κ1) is 10.2. The van der Waals surface area contributed by atoms with Crippen molar-refractivity contribution in [2.24, 2.45) is 7.05 Å². The largest absolute Gasteiger partial charge is 0.422 e. The van der Waals surface area contributed by atoms with Crippen LogP contribution in [0.15, 0.2) is 36.7 Å². The predicted octanol–water partition coefficient (Wildman–Crippen LogP) is 1.88. The Morgan fingerprint density at radius 1 is 1.38 bits per heavy atom. The Bertz CT molecular complexity index is 367. The molecule has 2 heterocycles. The van der Waals surface area contributed by atoms with Crippen LogP contribution in [0.1, 0.15) is 0 Å². The Morgan fingerprint density at radius 2 is 2.23 bits per heavy atom. The standard InChI is InChI=1S/C10H9N2.Ir/c1-12-8-4-6-10(12)9-5-2-3-7-11-9;/h2-5,7-8H,1H3;/q-1;. The molecule has 0 aliphatic heterocycles. The molecular formula is C10H9IrN2-. The van der Waals surface area contributed by atoms with Gasteiger partial charge in [0.05, 0.1) is 0 Å². The van der Waals surface area contributed by atoms with Gasteiger partial charge < -0.3 is 9.55 Å². The number of aromatic nitrogens is 2. The quantitative estimate of drug-likeness (QED) is 0.719. The van der Waals surface area contributed by atoms with Crippen molar-refractivity contribution >= 4 is 0 Å². The summed E-state index contributed by atoms with van der Waals surface area (Å²) < 4.78 is 2.00. The summed E-state index contributed by atoms with van der Waals surface area (Å²) in [5.74, 6) is 0. The fourth-order valence-electron chi connectivity index (χ4n) is 1.16. The summed E-state index contributed by atoms with van der Waals surface area (Å²) in [6.07, 6.45) is 3.75. The van der Waals surface area contributed by atoms with Crippen LogP contribution in [0.25, 0.3) is 11.4 Å². The average molecular weight is 349 g/mol. The monoisotopic (exact) mass is 350 g/mol. The normalized spacial score (nSPS) is 9.31. The summed E-state index contributed by atoms with van der Waals surface area (Å²) in [7, 11) is 1.99. The first-order valence-electron chi connectivity index (χ1n) is 3.82. The summed E-state index contributed by atoms with van der Waals surface area (Å²) in [5.41, 5.74) is 1.99. The van der Waals surface area contributed by atoms with Crippen molar-refractivity contribution in [3.8, 4) is 11.4 Å². The molecule has 0 saturated heterocycles. The van der Waals surface area contributed by atoms with Gasteiger partial charge >= 0.3 is 0 Å². The zero-order valence-electron chi connectivity index (χ0n) is 7.19. The summed E-state index contributed by atoms with van der Waals surface area (Å²) in [4.78, 5) is 4.23. The minimum absolute atomic E-state index is 0. The number of aryl methyl sites for hydroxylation is 1. The third-order valence-electron chi connectivity index (χ3n) is 1.78. The molecule has 0 aromatic carbocycles. The molecule has 2 aromatic rings. The van der Waals surface area contributed by atoms with E-state index in [-0.39, 0.29) is 20.1 Å². The van der Waals surface area contributed by atoms with Gasteiger partial charge in [0.25, 0.3) is 0 Å². The second kappa shape index (κ2) is 4.35. The molecular weight excluding hydrogens is 340 g/mol. The van der Waals surface area contributed by atoms with Crippen LogP contribution in [0.2, 0.25) is 0 Å². The van der Waals surface area contributed by atoms with Gasteiger partial charge in [-0.3, -0.25) is 0 Å². The van der Waals surface area contributed by atoms with Gasteiger partial charge in [-0.25, -0.2) is 0 Å². The molecule has 0 N–H and O–H groups in total. The van der Waals surface area contributed by atoms with E-state index in [1.165, 1.54) is 0 Å².